The summed E-state index contributed by atoms with van der Waals surface area (Å²) >= 11 is 0. The smallest absolute Gasteiger partial charge is 0.243 e. The van der Waals surface area contributed by atoms with E-state index in [0.29, 0.717) is 37.2 Å². The fraction of sp³-hybridized carbons (Fsp3) is 0.429. The average Bonchev–Trinajstić information content (AvgIpc) is 2.44. The minimum Gasteiger partial charge on any atom is -0.316 e. The van der Waals surface area contributed by atoms with Crippen LogP contribution in [0.5, 0.6) is 0 Å². The highest BCUT2D eigenvalue weighted by molar-refractivity contribution is 7.89. The molecule has 0 radical (unpaired) electrons. The highest BCUT2D eigenvalue weighted by Crippen LogP contribution is 2.23. The third-order valence-electron chi connectivity index (χ3n) is 3.33. The number of aryl methyl sites for hydroxylation is 1. The van der Waals surface area contributed by atoms with E-state index in [1.165, 1.54) is 16.4 Å². The molecule has 0 amide bonds. The topological polar surface area (TPSA) is 49.4 Å². The molecule has 1 aromatic carbocycles. The van der Waals surface area contributed by atoms with Crippen LogP contribution in [0.15, 0.2) is 29.2 Å². The molecule has 6 heteroatoms. The molecule has 1 aliphatic heterocycles. The molecule has 4 nitrogen and oxygen atoms in total. The zero-order valence-electron chi connectivity index (χ0n) is 11.7. The maximum absolute atomic E-state index is 13.9. The van der Waals surface area contributed by atoms with Crippen LogP contribution in [0.2, 0.25) is 0 Å². The predicted molar refractivity (Wildman–Crippen MR) is 76.4 cm³/mol. The summed E-state index contributed by atoms with van der Waals surface area (Å²) in [6, 6.07) is 2.83. The second-order valence-corrected chi connectivity index (χ2v) is 6.80. The van der Waals surface area contributed by atoms with E-state index in [-0.39, 0.29) is 10.7 Å². The van der Waals surface area contributed by atoms with Gasteiger partial charge in [-0.25, -0.2) is 12.8 Å². The van der Waals surface area contributed by atoms with Gasteiger partial charge in [0.25, 0.3) is 0 Å². The van der Waals surface area contributed by atoms with Crippen LogP contribution in [0.4, 0.5) is 4.39 Å². The quantitative estimate of drug-likeness (QED) is 0.862. The summed E-state index contributed by atoms with van der Waals surface area (Å²) in [5, 5.41) is 2.85. The van der Waals surface area contributed by atoms with E-state index in [1.54, 1.807) is 14.0 Å². The van der Waals surface area contributed by atoms with Gasteiger partial charge in [-0.05, 0) is 38.1 Å². The van der Waals surface area contributed by atoms with Crippen LogP contribution in [0.3, 0.4) is 0 Å². The Bertz CT molecular complexity index is 626. The normalized spacial score (nSPS) is 16.6. The van der Waals surface area contributed by atoms with Gasteiger partial charge in [0, 0.05) is 25.2 Å². The molecule has 0 unspecified atom stereocenters. The van der Waals surface area contributed by atoms with Crippen LogP contribution in [0.1, 0.15) is 17.5 Å². The van der Waals surface area contributed by atoms with Crippen molar-refractivity contribution in [1.82, 2.24) is 9.62 Å². The van der Waals surface area contributed by atoms with Gasteiger partial charge in [-0.15, -0.1) is 0 Å². The van der Waals surface area contributed by atoms with E-state index in [9.17, 15) is 12.8 Å². The molecule has 0 saturated heterocycles. The maximum Gasteiger partial charge on any atom is 0.243 e. The van der Waals surface area contributed by atoms with Crippen molar-refractivity contribution in [2.75, 3.05) is 20.1 Å². The Morgan fingerprint density at radius 3 is 2.70 bits per heavy atom. The van der Waals surface area contributed by atoms with Crippen LogP contribution >= 0.6 is 0 Å². The van der Waals surface area contributed by atoms with Crippen LogP contribution in [-0.4, -0.2) is 32.9 Å². The second kappa shape index (κ2) is 6.03. The van der Waals surface area contributed by atoms with Crippen LogP contribution in [0.25, 0.3) is 0 Å². The first-order valence-electron chi connectivity index (χ1n) is 6.55. The summed E-state index contributed by atoms with van der Waals surface area (Å²) in [6.07, 6.45) is 4.52. The fourth-order valence-electron chi connectivity index (χ4n) is 2.26. The van der Waals surface area contributed by atoms with Crippen LogP contribution in [-0.2, 0) is 16.6 Å². The van der Waals surface area contributed by atoms with Crippen molar-refractivity contribution in [1.29, 1.82) is 0 Å². The Balaban J connectivity index is 2.43. The Kier molecular flexibility index (Phi) is 4.57. The van der Waals surface area contributed by atoms with Gasteiger partial charge >= 0.3 is 0 Å². The number of nitrogens with one attached hydrogen (secondary N) is 1. The third-order valence-corrected chi connectivity index (χ3v) is 5.17. The Labute approximate surface area is 119 Å². The zero-order valence-corrected chi connectivity index (χ0v) is 12.5. The van der Waals surface area contributed by atoms with Gasteiger partial charge in [0.1, 0.15) is 5.82 Å². The summed E-state index contributed by atoms with van der Waals surface area (Å²) < 4.78 is 40.5. The molecular formula is C14H19FN2O2S. The lowest BCUT2D eigenvalue weighted by Gasteiger charge is -2.23. The molecule has 1 aromatic rings. The summed E-state index contributed by atoms with van der Waals surface area (Å²) in [7, 11) is -1.85. The largest absolute Gasteiger partial charge is 0.316 e. The predicted octanol–water partition coefficient (Wildman–Crippen LogP) is 1.80. The molecule has 0 fully saturated rings. The summed E-state index contributed by atoms with van der Waals surface area (Å²) in [5.74, 6) is -0.350. The van der Waals surface area contributed by atoms with Gasteiger partial charge in [-0.1, -0.05) is 12.2 Å². The van der Waals surface area contributed by atoms with Crippen molar-refractivity contribution in [3.05, 3.63) is 41.2 Å². The summed E-state index contributed by atoms with van der Waals surface area (Å²) in [5.41, 5.74) is 0.725. The monoisotopic (exact) mass is 298 g/mol. The minimum atomic E-state index is -3.55. The zero-order chi connectivity index (χ0) is 14.8. The van der Waals surface area contributed by atoms with E-state index in [1.807, 2.05) is 12.2 Å². The number of rotatable bonds is 4. The van der Waals surface area contributed by atoms with Crippen molar-refractivity contribution in [3.63, 3.8) is 0 Å². The van der Waals surface area contributed by atoms with Crippen molar-refractivity contribution in [2.45, 2.75) is 24.8 Å². The van der Waals surface area contributed by atoms with Gasteiger partial charge in [0.05, 0.1) is 4.90 Å². The Morgan fingerprint density at radius 1 is 1.35 bits per heavy atom. The first-order valence-corrected chi connectivity index (χ1v) is 7.99. The van der Waals surface area contributed by atoms with Crippen molar-refractivity contribution in [3.8, 4) is 0 Å². The van der Waals surface area contributed by atoms with Crippen molar-refractivity contribution in [2.24, 2.45) is 0 Å². The molecule has 0 saturated carbocycles. The molecule has 1 N–H and O–H groups in total. The number of nitrogens with zero attached hydrogens (tertiary/aromatic N) is 1. The van der Waals surface area contributed by atoms with E-state index >= 15 is 0 Å². The van der Waals surface area contributed by atoms with Gasteiger partial charge in [-0.3, -0.25) is 0 Å². The van der Waals surface area contributed by atoms with Crippen molar-refractivity contribution < 1.29 is 12.8 Å². The van der Waals surface area contributed by atoms with E-state index in [2.05, 4.69) is 5.32 Å². The lowest BCUT2D eigenvalue weighted by Crippen LogP contribution is -2.34. The lowest BCUT2D eigenvalue weighted by atomic mass is 10.1. The second-order valence-electron chi connectivity index (χ2n) is 4.87. The van der Waals surface area contributed by atoms with Gasteiger partial charge in [0.15, 0.2) is 0 Å². The fourth-order valence-corrected chi connectivity index (χ4v) is 3.81. The van der Waals surface area contributed by atoms with Crippen LogP contribution in [0, 0.1) is 12.7 Å². The van der Waals surface area contributed by atoms with Crippen LogP contribution < -0.4 is 5.32 Å². The number of hydrogen-bond donors (Lipinski definition) is 1. The van der Waals surface area contributed by atoms with Crippen molar-refractivity contribution >= 4 is 10.0 Å². The first kappa shape index (κ1) is 15.2. The Morgan fingerprint density at radius 2 is 2.10 bits per heavy atom. The summed E-state index contributed by atoms with van der Waals surface area (Å²) in [6.45, 7) is 2.73. The number of hydrogen-bond acceptors (Lipinski definition) is 3. The van der Waals surface area contributed by atoms with E-state index < -0.39 is 10.0 Å². The first-order chi connectivity index (χ1) is 9.46. The standard InChI is InChI=1S/C14H19FN2O2S/c1-11-8-13(9-12(10-16-2)14(11)15)20(18,19)17-6-4-3-5-7-17/h3-4,8-9,16H,5-7,10H2,1-2H3. The average molecular weight is 298 g/mol. The molecule has 0 bridgehead atoms. The molecule has 20 heavy (non-hydrogen) atoms. The minimum absolute atomic E-state index is 0.164. The third kappa shape index (κ3) is 2.92. The molecule has 1 aliphatic rings. The Hall–Kier alpha value is -1.24. The molecule has 0 atom stereocenters. The summed E-state index contributed by atoms with van der Waals surface area (Å²) in [4.78, 5) is 0.164. The molecule has 1 heterocycles. The number of benzene rings is 1. The molecule has 0 aromatic heterocycles. The molecule has 0 spiro atoms. The highest BCUT2D eigenvalue weighted by Gasteiger charge is 2.25. The highest BCUT2D eigenvalue weighted by atomic mass is 32.2. The lowest BCUT2D eigenvalue weighted by molar-refractivity contribution is 0.437. The SMILES string of the molecule is CNCc1cc(S(=O)(=O)N2CC=CCC2)cc(C)c1F. The maximum atomic E-state index is 13.9. The molecular weight excluding hydrogens is 279 g/mol. The number of halogens is 1. The van der Waals surface area contributed by atoms with E-state index in [0.717, 1.165) is 0 Å². The molecule has 0 aliphatic carbocycles. The number of sulfonamides is 1. The van der Waals surface area contributed by atoms with Gasteiger partial charge in [-0.2, -0.15) is 4.31 Å². The molecule has 110 valence electrons. The van der Waals surface area contributed by atoms with E-state index in [4.69, 9.17) is 0 Å². The van der Waals surface area contributed by atoms with Gasteiger partial charge < -0.3 is 5.32 Å². The molecule has 2 rings (SSSR count). The van der Waals surface area contributed by atoms with Gasteiger partial charge in [0.2, 0.25) is 10.0 Å².